The van der Waals surface area contributed by atoms with Crippen LogP contribution in [0.15, 0.2) is 36.4 Å². The van der Waals surface area contributed by atoms with Crippen molar-refractivity contribution in [1.82, 2.24) is 10.6 Å². The van der Waals surface area contributed by atoms with E-state index in [-0.39, 0.29) is 16.7 Å². The lowest BCUT2D eigenvalue weighted by Crippen LogP contribution is -2.53. The maximum atomic E-state index is 12.8. The highest BCUT2D eigenvalue weighted by Gasteiger charge is 2.44. The molecule has 6 nitrogen and oxygen atoms in total. The lowest BCUT2D eigenvalue weighted by Gasteiger charge is -2.33. The number of amides is 2. The molecule has 0 spiro atoms. The standard InChI is InChI=1S/C18H16Cl2F3N3O3S/c19-10-1-3-11(4-2-10)26(29-16(27)18(21,22)23)17(28)25-13-7-8-24-9-12(13)14-5-6-15(20)30-14/h1-6,12-13,24H,7-9H2,(H,25,28). The topological polar surface area (TPSA) is 70.7 Å². The highest BCUT2D eigenvalue weighted by atomic mass is 35.5. The second-order valence-electron chi connectivity index (χ2n) is 6.44. The summed E-state index contributed by atoms with van der Waals surface area (Å²) in [6.45, 7) is 1.15. The number of thiophene rings is 1. The van der Waals surface area contributed by atoms with Crippen molar-refractivity contribution in [2.45, 2.75) is 24.6 Å². The zero-order chi connectivity index (χ0) is 21.9. The van der Waals surface area contributed by atoms with Gasteiger partial charge >= 0.3 is 18.2 Å². The van der Waals surface area contributed by atoms with Gasteiger partial charge in [0.1, 0.15) is 0 Å². The molecule has 2 N–H and O–H groups in total. The number of hydrogen-bond donors (Lipinski definition) is 2. The molecule has 1 aliphatic heterocycles. The second-order valence-corrected chi connectivity index (χ2v) is 8.63. The zero-order valence-electron chi connectivity index (χ0n) is 15.2. The van der Waals surface area contributed by atoms with Gasteiger partial charge in [-0.05, 0) is 49.4 Å². The van der Waals surface area contributed by atoms with Gasteiger partial charge in [0.15, 0.2) is 0 Å². The van der Waals surface area contributed by atoms with Crippen molar-refractivity contribution in [3.63, 3.8) is 0 Å². The van der Waals surface area contributed by atoms with E-state index in [1.165, 1.54) is 35.6 Å². The van der Waals surface area contributed by atoms with Crippen LogP contribution in [0.5, 0.6) is 0 Å². The highest BCUT2D eigenvalue weighted by molar-refractivity contribution is 7.16. The molecule has 2 atom stereocenters. The predicted octanol–water partition coefficient (Wildman–Crippen LogP) is 4.74. The number of halogens is 5. The van der Waals surface area contributed by atoms with Crippen LogP contribution >= 0.6 is 34.5 Å². The summed E-state index contributed by atoms with van der Waals surface area (Å²) in [5.41, 5.74) is -0.0841. The average Bonchev–Trinajstić information content (AvgIpc) is 3.12. The Kier molecular flexibility index (Phi) is 7.12. The maximum absolute atomic E-state index is 12.8. The van der Waals surface area contributed by atoms with Crippen LogP contribution in [-0.2, 0) is 9.63 Å². The summed E-state index contributed by atoms with van der Waals surface area (Å²) in [7, 11) is 0. The van der Waals surface area contributed by atoms with Crippen molar-refractivity contribution < 1.29 is 27.6 Å². The van der Waals surface area contributed by atoms with Crippen molar-refractivity contribution >= 4 is 52.2 Å². The fourth-order valence-electron chi connectivity index (χ4n) is 3.00. The largest absolute Gasteiger partial charge is 0.493 e. The average molecular weight is 482 g/mol. The minimum atomic E-state index is -5.27. The number of alkyl halides is 3. The number of hydrogen-bond acceptors (Lipinski definition) is 5. The molecule has 1 aliphatic rings. The number of benzene rings is 1. The first kappa shape index (κ1) is 22.7. The quantitative estimate of drug-likeness (QED) is 0.621. The third-order valence-corrected chi connectivity index (χ3v) is 6.02. The van der Waals surface area contributed by atoms with Crippen LogP contribution in [0, 0.1) is 0 Å². The number of nitrogens with one attached hydrogen (secondary N) is 2. The van der Waals surface area contributed by atoms with E-state index in [1.54, 1.807) is 6.07 Å². The number of hydroxylamine groups is 1. The van der Waals surface area contributed by atoms with E-state index in [0.29, 0.717) is 28.9 Å². The minimum absolute atomic E-state index is 0.0841. The molecule has 1 saturated heterocycles. The van der Waals surface area contributed by atoms with E-state index in [0.717, 1.165) is 4.88 Å². The van der Waals surface area contributed by atoms with Gasteiger partial charge in [-0.3, -0.25) is 0 Å². The Morgan fingerprint density at radius 1 is 1.17 bits per heavy atom. The van der Waals surface area contributed by atoms with E-state index in [2.05, 4.69) is 15.5 Å². The van der Waals surface area contributed by atoms with Gasteiger partial charge in [-0.15, -0.1) is 16.4 Å². The molecule has 1 aromatic carbocycles. The molecule has 0 radical (unpaired) electrons. The molecule has 0 aliphatic carbocycles. The van der Waals surface area contributed by atoms with Gasteiger partial charge in [-0.25, -0.2) is 9.59 Å². The Morgan fingerprint density at radius 2 is 1.87 bits per heavy atom. The van der Waals surface area contributed by atoms with E-state index in [9.17, 15) is 22.8 Å². The molecule has 1 fully saturated rings. The predicted molar refractivity (Wildman–Crippen MR) is 108 cm³/mol. The zero-order valence-corrected chi connectivity index (χ0v) is 17.5. The van der Waals surface area contributed by atoms with Crippen molar-refractivity contribution in [2.24, 2.45) is 0 Å². The number of carbonyl (C=O) groups excluding carboxylic acids is 2. The minimum Gasteiger partial charge on any atom is -0.332 e. The fourth-order valence-corrected chi connectivity index (χ4v) is 4.35. The van der Waals surface area contributed by atoms with E-state index >= 15 is 0 Å². The molecule has 162 valence electrons. The number of carbonyl (C=O) groups is 2. The SMILES string of the molecule is O=C(NC1CCNCC1c1ccc(Cl)s1)N(OC(=O)C(F)(F)F)c1ccc(Cl)cc1. The van der Waals surface area contributed by atoms with Crippen molar-refractivity contribution in [3.8, 4) is 0 Å². The van der Waals surface area contributed by atoms with E-state index in [4.69, 9.17) is 23.2 Å². The number of piperidine rings is 1. The smallest absolute Gasteiger partial charge is 0.332 e. The van der Waals surface area contributed by atoms with Crippen LogP contribution in [-0.4, -0.2) is 37.3 Å². The van der Waals surface area contributed by atoms with Crippen LogP contribution in [0.1, 0.15) is 17.2 Å². The Morgan fingerprint density at radius 3 is 2.47 bits per heavy atom. The summed E-state index contributed by atoms with van der Waals surface area (Å²) in [6.07, 6.45) is -4.75. The van der Waals surface area contributed by atoms with Gasteiger partial charge in [0.25, 0.3) is 0 Å². The Labute approximate surface area is 183 Å². The van der Waals surface area contributed by atoms with Crippen LogP contribution in [0.2, 0.25) is 9.36 Å². The first-order valence-corrected chi connectivity index (χ1v) is 10.3. The number of rotatable bonds is 3. The summed E-state index contributed by atoms with van der Waals surface area (Å²) in [4.78, 5) is 29.5. The van der Waals surface area contributed by atoms with Crippen LogP contribution in [0.3, 0.4) is 0 Å². The normalized spacial score (nSPS) is 19.2. The highest BCUT2D eigenvalue weighted by Crippen LogP contribution is 2.32. The molecule has 2 heterocycles. The van der Waals surface area contributed by atoms with Crippen LogP contribution in [0.25, 0.3) is 0 Å². The van der Waals surface area contributed by atoms with Gasteiger partial charge in [0.2, 0.25) is 0 Å². The number of nitrogens with zero attached hydrogens (tertiary/aromatic N) is 1. The Balaban J connectivity index is 1.82. The summed E-state index contributed by atoms with van der Waals surface area (Å²) < 4.78 is 38.8. The molecule has 1 aromatic heterocycles. The monoisotopic (exact) mass is 481 g/mol. The molecule has 30 heavy (non-hydrogen) atoms. The van der Waals surface area contributed by atoms with Gasteiger partial charge in [-0.1, -0.05) is 23.2 Å². The molecular formula is C18H16Cl2F3N3O3S. The van der Waals surface area contributed by atoms with Crippen molar-refractivity contribution in [3.05, 3.63) is 50.6 Å². The van der Waals surface area contributed by atoms with E-state index in [1.807, 2.05) is 6.07 Å². The fraction of sp³-hybridized carbons (Fsp3) is 0.333. The van der Waals surface area contributed by atoms with Gasteiger partial charge < -0.3 is 15.5 Å². The maximum Gasteiger partial charge on any atom is 0.493 e. The van der Waals surface area contributed by atoms with Crippen LogP contribution < -0.4 is 15.7 Å². The first-order valence-electron chi connectivity index (χ1n) is 8.76. The molecule has 3 rings (SSSR count). The van der Waals surface area contributed by atoms with Gasteiger partial charge in [0, 0.05) is 28.4 Å². The molecule has 2 amide bonds. The lowest BCUT2D eigenvalue weighted by atomic mass is 9.92. The molecular weight excluding hydrogens is 466 g/mol. The summed E-state index contributed by atoms with van der Waals surface area (Å²) in [5.74, 6) is -2.66. The van der Waals surface area contributed by atoms with Gasteiger partial charge in [-0.2, -0.15) is 13.2 Å². The van der Waals surface area contributed by atoms with Crippen molar-refractivity contribution in [2.75, 3.05) is 18.2 Å². The third kappa shape index (κ3) is 5.57. The third-order valence-electron chi connectivity index (χ3n) is 4.40. The summed E-state index contributed by atoms with van der Waals surface area (Å²) >= 11 is 13.2. The lowest BCUT2D eigenvalue weighted by molar-refractivity contribution is -0.199. The number of urea groups is 1. The summed E-state index contributed by atoms with van der Waals surface area (Å²) in [6, 6.07) is 7.42. The molecule has 0 bridgehead atoms. The Bertz CT molecular complexity index is 908. The van der Waals surface area contributed by atoms with Crippen LogP contribution in [0.4, 0.5) is 23.7 Å². The van der Waals surface area contributed by atoms with Crippen molar-refractivity contribution in [1.29, 1.82) is 0 Å². The van der Waals surface area contributed by atoms with Gasteiger partial charge in [0.05, 0.1) is 10.0 Å². The molecule has 12 heteroatoms. The number of anilines is 1. The second kappa shape index (κ2) is 9.42. The summed E-state index contributed by atoms with van der Waals surface area (Å²) in [5, 5.41) is 6.48. The molecule has 2 unspecified atom stereocenters. The first-order chi connectivity index (χ1) is 14.1. The van der Waals surface area contributed by atoms with E-state index < -0.39 is 24.2 Å². The molecule has 0 saturated carbocycles. The Hall–Kier alpha value is -2.01. The molecule has 2 aromatic rings.